The molecule has 268 valence electrons. The van der Waals surface area contributed by atoms with E-state index in [1.54, 1.807) is 6.20 Å². The molecule has 0 atom stereocenters. The number of alkyl carbamates (subject to hydrolysis) is 1. The van der Waals surface area contributed by atoms with Crippen molar-refractivity contribution in [2.24, 2.45) is 0 Å². The molecule has 1 fully saturated rings. The number of fused-ring (bicyclic) bond motifs is 1. The molecule has 4 N–H and O–H groups in total. The number of ether oxygens (including phenoxy) is 1. The van der Waals surface area contributed by atoms with Crippen molar-refractivity contribution in [1.82, 2.24) is 25.5 Å². The molecule has 2 aromatic carbocycles. The van der Waals surface area contributed by atoms with E-state index in [0.717, 1.165) is 42.1 Å². The molecule has 50 heavy (non-hydrogen) atoms. The third-order valence-electron chi connectivity index (χ3n) is 8.09. The highest BCUT2D eigenvalue weighted by molar-refractivity contribution is 5.92. The molecule has 0 spiro atoms. The van der Waals surface area contributed by atoms with E-state index in [0.29, 0.717) is 35.8 Å². The summed E-state index contributed by atoms with van der Waals surface area (Å²) in [7, 11) is 0. The van der Waals surface area contributed by atoms with Crippen molar-refractivity contribution in [2.75, 3.05) is 10.6 Å². The van der Waals surface area contributed by atoms with Gasteiger partial charge in [-0.05, 0) is 94.3 Å². The molecule has 10 nitrogen and oxygen atoms in total. The van der Waals surface area contributed by atoms with Gasteiger partial charge in [-0.25, -0.2) is 14.8 Å². The molecule has 2 heterocycles. The molecule has 16 heteroatoms. The smallest absolute Gasteiger partial charge is 0.416 e. The lowest BCUT2D eigenvalue weighted by molar-refractivity contribution is -0.143. The topological polar surface area (TPSA) is 134 Å². The van der Waals surface area contributed by atoms with Crippen molar-refractivity contribution < 1.29 is 40.7 Å². The van der Waals surface area contributed by atoms with Gasteiger partial charge in [0.15, 0.2) is 5.82 Å². The maximum absolute atomic E-state index is 13.2. The van der Waals surface area contributed by atoms with E-state index >= 15 is 0 Å². The number of H-pyrrole nitrogens is 1. The normalized spacial score (nSPS) is 17.0. The maximum atomic E-state index is 13.2. The minimum atomic E-state index is -5.02. The summed E-state index contributed by atoms with van der Waals surface area (Å²) < 4.78 is 84.7. The third-order valence-corrected chi connectivity index (χ3v) is 8.09. The highest BCUT2D eigenvalue weighted by Gasteiger charge is 2.37. The van der Waals surface area contributed by atoms with Crippen LogP contribution in [0, 0.1) is 0 Å². The van der Waals surface area contributed by atoms with E-state index in [2.05, 4.69) is 31.1 Å². The van der Waals surface area contributed by atoms with Crippen molar-refractivity contribution in [3.8, 4) is 11.3 Å². The van der Waals surface area contributed by atoms with Crippen molar-refractivity contribution in [2.45, 2.75) is 96.3 Å². The molecular formula is C34H37F6N7O3. The number of carbonyl (C=O) groups is 2. The number of nitrogens with zero attached hydrogens (tertiary/aromatic N) is 3. The number of hydrogen-bond donors (Lipinski definition) is 4. The van der Waals surface area contributed by atoms with Gasteiger partial charge >= 0.3 is 18.4 Å². The van der Waals surface area contributed by atoms with Crippen LogP contribution in [0.4, 0.5) is 42.9 Å². The number of rotatable bonds is 8. The first-order valence-electron chi connectivity index (χ1n) is 16.1. The molecule has 2 amide bonds. The van der Waals surface area contributed by atoms with Crippen molar-refractivity contribution >= 4 is 34.7 Å². The monoisotopic (exact) mass is 705 g/mol. The van der Waals surface area contributed by atoms with Gasteiger partial charge < -0.3 is 20.7 Å². The Morgan fingerprint density at radius 2 is 1.54 bits per heavy atom. The molecule has 1 aliphatic rings. The van der Waals surface area contributed by atoms with Gasteiger partial charge in [-0.1, -0.05) is 6.92 Å². The van der Waals surface area contributed by atoms with Crippen LogP contribution in [0.2, 0.25) is 0 Å². The zero-order chi connectivity index (χ0) is 36.4. The summed E-state index contributed by atoms with van der Waals surface area (Å²) in [5.41, 5.74) is -1.12. The Balaban J connectivity index is 1.23. The quantitative estimate of drug-likeness (QED) is 0.136. The molecule has 0 bridgehead atoms. The predicted molar refractivity (Wildman–Crippen MR) is 174 cm³/mol. The van der Waals surface area contributed by atoms with Crippen LogP contribution in [0.25, 0.3) is 22.2 Å². The van der Waals surface area contributed by atoms with Crippen LogP contribution in [0.15, 0.2) is 42.6 Å². The second-order valence-corrected chi connectivity index (χ2v) is 13.3. The van der Waals surface area contributed by atoms with E-state index in [-0.39, 0.29) is 24.0 Å². The van der Waals surface area contributed by atoms with Crippen LogP contribution in [-0.4, -0.2) is 49.9 Å². The highest BCUT2D eigenvalue weighted by atomic mass is 19.4. The summed E-state index contributed by atoms with van der Waals surface area (Å²) >= 11 is 0. The number of anilines is 2. The summed E-state index contributed by atoms with van der Waals surface area (Å²) in [6, 6.07) is 6.48. The fourth-order valence-corrected chi connectivity index (χ4v) is 5.78. The fourth-order valence-electron chi connectivity index (χ4n) is 5.78. The zero-order valence-corrected chi connectivity index (χ0v) is 27.8. The Morgan fingerprint density at radius 1 is 0.900 bits per heavy atom. The van der Waals surface area contributed by atoms with Crippen LogP contribution < -0.4 is 16.0 Å². The highest BCUT2D eigenvalue weighted by Crippen LogP contribution is 2.36. The summed E-state index contributed by atoms with van der Waals surface area (Å²) in [5.74, 6) is -0.319. The van der Waals surface area contributed by atoms with Gasteiger partial charge in [-0.15, -0.1) is 0 Å². The number of hydrogen-bond acceptors (Lipinski definition) is 7. The minimum absolute atomic E-state index is 0.0124. The van der Waals surface area contributed by atoms with Gasteiger partial charge in [0, 0.05) is 35.3 Å². The Morgan fingerprint density at radius 3 is 2.14 bits per heavy atom. The van der Waals surface area contributed by atoms with Gasteiger partial charge in [0.25, 0.3) is 0 Å². The standard InChI is InChI=1S/C34H37F6N7O3/c1-5-19-13-20(14-21-17-41-30(45-29(19)21)42-24-6-8-25(9-7-24)43-31(49)50-32(2,3)4)26-16-27(47-46-26)44-28(48)12-18-10-22(33(35,36)37)15-23(11-18)34(38,39)40/h10-11,13-17,24-25H,5-9,12H2,1-4H3,(H,43,49)(H,41,42,45)(H2,44,46,47,48). The number of nitrogens with one attached hydrogen (secondary N) is 4. The van der Waals surface area contributed by atoms with Crippen molar-refractivity contribution in [1.29, 1.82) is 0 Å². The Kier molecular flexibility index (Phi) is 10.3. The second-order valence-electron chi connectivity index (χ2n) is 13.3. The van der Waals surface area contributed by atoms with Gasteiger partial charge in [0.2, 0.25) is 11.9 Å². The minimum Gasteiger partial charge on any atom is -0.444 e. The number of halogens is 6. The molecule has 1 saturated carbocycles. The van der Waals surface area contributed by atoms with E-state index in [1.807, 2.05) is 39.8 Å². The average Bonchev–Trinajstić information content (AvgIpc) is 3.47. The SMILES string of the molecule is CCc1cc(-c2cc(NC(=O)Cc3cc(C(F)(F)F)cc(C(F)(F)F)c3)n[nH]2)cc2cnc(NC3CCC(NC(=O)OC(C)(C)C)CC3)nc12. The fraction of sp³-hybridized carbons (Fsp3) is 0.441. The molecule has 0 unspecified atom stereocenters. The summed E-state index contributed by atoms with van der Waals surface area (Å²) in [6.45, 7) is 7.43. The lowest BCUT2D eigenvalue weighted by Gasteiger charge is -2.30. The van der Waals surface area contributed by atoms with Gasteiger partial charge in [0.1, 0.15) is 5.60 Å². The molecule has 0 saturated heterocycles. The first kappa shape index (κ1) is 36.4. The molecule has 4 aromatic rings. The second kappa shape index (κ2) is 14.2. The van der Waals surface area contributed by atoms with E-state index in [9.17, 15) is 35.9 Å². The number of benzene rings is 2. The zero-order valence-electron chi connectivity index (χ0n) is 27.8. The Labute approximate surface area is 283 Å². The number of alkyl halides is 6. The molecular weight excluding hydrogens is 668 g/mol. The number of aromatic amines is 1. The number of amides is 2. The average molecular weight is 706 g/mol. The Bertz CT molecular complexity index is 1830. The predicted octanol–water partition coefficient (Wildman–Crippen LogP) is 8.05. The number of aryl methyl sites for hydroxylation is 1. The Hall–Kier alpha value is -4.89. The lowest BCUT2D eigenvalue weighted by atomic mass is 9.91. The van der Waals surface area contributed by atoms with Crippen LogP contribution >= 0.6 is 0 Å². The summed E-state index contributed by atoms with van der Waals surface area (Å²) in [4.78, 5) is 34.0. The summed E-state index contributed by atoms with van der Waals surface area (Å²) in [6.07, 6.45) is -5.67. The molecule has 2 aromatic heterocycles. The van der Waals surface area contributed by atoms with Crippen molar-refractivity contribution in [3.63, 3.8) is 0 Å². The maximum Gasteiger partial charge on any atom is 0.416 e. The van der Waals surface area contributed by atoms with Crippen LogP contribution in [-0.2, 0) is 34.7 Å². The van der Waals surface area contributed by atoms with Gasteiger partial charge in [0.05, 0.1) is 28.8 Å². The molecule has 0 aliphatic heterocycles. The molecule has 0 radical (unpaired) electrons. The number of aromatic nitrogens is 4. The molecule has 5 rings (SSSR count). The van der Waals surface area contributed by atoms with E-state index < -0.39 is 53.1 Å². The molecule has 1 aliphatic carbocycles. The van der Waals surface area contributed by atoms with Gasteiger partial charge in [-0.3, -0.25) is 9.89 Å². The van der Waals surface area contributed by atoms with Gasteiger partial charge in [-0.2, -0.15) is 31.4 Å². The van der Waals surface area contributed by atoms with Crippen LogP contribution in [0.5, 0.6) is 0 Å². The lowest BCUT2D eigenvalue weighted by Crippen LogP contribution is -2.42. The first-order chi connectivity index (χ1) is 23.4. The van der Waals surface area contributed by atoms with E-state index in [4.69, 9.17) is 9.72 Å². The largest absolute Gasteiger partial charge is 0.444 e. The summed E-state index contributed by atoms with van der Waals surface area (Å²) in [5, 5.41) is 16.4. The van der Waals surface area contributed by atoms with E-state index in [1.165, 1.54) is 6.07 Å². The number of carbonyl (C=O) groups excluding carboxylic acids is 2. The van der Waals surface area contributed by atoms with Crippen molar-refractivity contribution in [3.05, 3.63) is 64.8 Å². The van der Waals surface area contributed by atoms with Crippen LogP contribution in [0.1, 0.15) is 75.6 Å². The van der Waals surface area contributed by atoms with Crippen LogP contribution in [0.3, 0.4) is 0 Å². The third kappa shape index (κ3) is 9.41. The first-order valence-corrected chi connectivity index (χ1v) is 16.1.